The molecule has 1 aromatic carbocycles. The molecule has 0 radical (unpaired) electrons. The summed E-state index contributed by atoms with van der Waals surface area (Å²) < 4.78 is 25.8. The van der Waals surface area contributed by atoms with Crippen molar-refractivity contribution in [1.29, 1.82) is 0 Å². The van der Waals surface area contributed by atoms with Crippen LogP contribution in [0.25, 0.3) is 0 Å². The molecule has 2 aromatic rings. The lowest BCUT2D eigenvalue weighted by Crippen LogP contribution is -2.32. The number of rotatable bonds is 5. The Bertz CT molecular complexity index is 641. The van der Waals surface area contributed by atoms with E-state index in [0.29, 0.717) is 5.13 Å². The molecule has 1 aromatic heterocycles. The van der Waals surface area contributed by atoms with Crippen molar-refractivity contribution < 1.29 is 13.2 Å². The van der Waals surface area contributed by atoms with Crippen molar-refractivity contribution in [2.75, 3.05) is 11.9 Å². The van der Waals surface area contributed by atoms with E-state index in [4.69, 9.17) is 0 Å². The van der Waals surface area contributed by atoms with E-state index in [0.717, 1.165) is 11.3 Å². The van der Waals surface area contributed by atoms with Crippen molar-refractivity contribution in [1.82, 2.24) is 14.9 Å². The molecule has 100 valence electrons. The SMILES string of the molecule is O=C(CNS(=O)(=O)c1ccccc1)Nc1nncs1. The smallest absolute Gasteiger partial charge is 0.241 e. The number of hydrogen-bond donors (Lipinski definition) is 2. The van der Waals surface area contributed by atoms with Gasteiger partial charge in [0.15, 0.2) is 0 Å². The van der Waals surface area contributed by atoms with E-state index < -0.39 is 15.9 Å². The molecule has 0 fully saturated rings. The molecule has 0 atom stereocenters. The Morgan fingerprint density at radius 3 is 2.63 bits per heavy atom. The molecule has 0 saturated carbocycles. The van der Waals surface area contributed by atoms with Crippen molar-refractivity contribution >= 4 is 32.4 Å². The monoisotopic (exact) mass is 298 g/mol. The molecule has 0 bridgehead atoms. The number of anilines is 1. The minimum absolute atomic E-state index is 0.110. The van der Waals surface area contributed by atoms with Gasteiger partial charge in [0.25, 0.3) is 0 Å². The highest BCUT2D eigenvalue weighted by Crippen LogP contribution is 2.08. The number of carbonyl (C=O) groups is 1. The topological polar surface area (TPSA) is 101 Å². The fourth-order valence-electron chi connectivity index (χ4n) is 1.23. The second-order valence-corrected chi connectivity index (χ2v) is 6.03. The van der Waals surface area contributed by atoms with Gasteiger partial charge < -0.3 is 0 Å². The van der Waals surface area contributed by atoms with Crippen LogP contribution in [0.1, 0.15) is 0 Å². The van der Waals surface area contributed by atoms with E-state index >= 15 is 0 Å². The second kappa shape index (κ2) is 5.87. The van der Waals surface area contributed by atoms with Crippen molar-refractivity contribution in [3.05, 3.63) is 35.8 Å². The highest BCUT2D eigenvalue weighted by atomic mass is 32.2. The number of nitrogens with zero attached hydrogens (tertiary/aromatic N) is 2. The zero-order chi connectivity index (χ0) is 13.7. The van der Waals surface area contributed by atoms with E-state index in [1.807, 2.05) is 0 Å². The molecule has 0 unspecified atom stereocenters. The highest BCUT2D eigenvalue weighted by molar-refractivity contribution is 7.89. The molecule has 0 aliphatic carbocycles. The van der Waals surface area contributed by atoms with E-state index in [1.165, 1.54) is 17.6 Å². The Morgan fingerprint density at radius 1 is 1.26 bits per heavy atom. The Kier molecular flexibility index (Phi) is 4.20. The van der Waals surface area contributed by atoms with Crippen molar-refractivity contribution in [2.45, 2.75) is 4.90 Å². The Balaban J connectivity index is 1.93. The second-order valence-electron chi connectivity index (χ2n) is 3.43. The number of benzene rings is 1. The van der Waals surface area contributed by atoms with Crippen LogP contribution >= 0.6 is 11.3 Å². The fourth-order valence-corrected chi connectivity index (χ4v) is 2.70. The summed E-state index contributed by atoms with van der Waals surface area (Å²) in [7, 11) is -3.68. The van der Waals surface area contributed by atoms with Crippen molar-refractivity contribution in [3.63, 3.8) is 0 Å². The molecule has 0 spiro atoms. The average molecular weight is 298 g/mol. The maximum Gasteiger partial charge on any atom is 0.241 e. The Hall–Kier alpha value is -1.84. The quantitative estimate of drug-likeness (QED) is 0.835. The molecule has 19 heavy (non-hydrogen) atoms. The van der Waals surface area contributed by atoms with Crippen LogP contribution in [0.3, 0.4) is 0 Å². The number of sulfonamides is 1. The largest absolute Gasteiger partial charge is 0.299 e. The number of carbonyl (C=O) groups excluding carboxylic acids is 1. The van der Waals surface area contributed by atoms with E-state index in [2.05, 4.69) is 20.2 Å². The molecule has 1 heterocycles. The van der Waals surface area contributed by atoms with Crippen LogP contribution in [0, 0.1) is 0 Å². The third-order valence-corrected chi connectivity index (χ3v) is 4.11. The van der Waals surface area contributed by atoms with Gasteiger partial charge in [-0.1, -0.05) is 29.5 Å². The molecular weight excluding hydrogens is 288 g/mol. The van der Waals surface area contributed by atoms with Crippen LogP contribution < -0.4 is 10.0 Å². The van der Waals surface area contributed by atoms with Crippen LogP contribution in [-0.4, -0.2) is 31.1 Å². The predicted molar refractivity (Wildman–Crippen MR) is 70.2 cm³/mol. The molecule has 0 saturated heterocycles. The van der Waals surface area contributed by atoms with Gasteiger partial charge in [-0.2, -0.15) is 0 Å². The molecule has 2 N–H and O–H groups in total. The molecule has 0 aliphatic rings. The summed E-state index contributed by atoms with van der Waals surface area (Å²) in [5, 5.41) is 9.91. The van der Waals surface area contributed by atoms with Crippen molar-refractivity contribution in [3.8, 4) is 0 Å². The summed E-state index contributed by atoms with van der Waals surface area (Å²) in [6.45, 7) is -0.364. The minimum Gasteiger partial charge on any atom is -0.299 e. The lowest BCUT2D eigenvalue weighted by atomic mass is 10.4. The van der Waals surface area contributed by atoms with Gasteiger partial charge in [0.1, 0.15) is 5.51 Å². The van der Waals surface area contributed by atoms with Gasteiger partial charge in [0.2, 0.25) is 21.1 Å². The first-order valence-corrected chi connectivity index (χ1v) is 7.55. The van der Waals surface area contributed by atoms with Gasteiger partial charge in [0, 0.05) is 0 Å². The summed E-state index contributed by atoms with van der Waals surface area (Å²) in [6, 6.07) is 7.82. The van der Waals surface area contributed by atoms with Crippen LogP contribution in [-0.2, 0) is 14.8 Å². The third-order valence-electron chi connectivity index (χ3n) is 2.08. The zero-order valence-electron chi connectivity index (χ0n) is 9.61. The van der Waals surface area contributed by atoms with Gasteiger partial charge in [-0.3, -0.25) is 10.1 Å². The molecule has 0 aliphatic heterocycles. The third kappa shape index (κ3) is 3.81. The molecule has 7 nitrogen and oxygen atoms in total. The van der Waals surface area contributed by atoms with Crippen molar-refractivity contribution in [2.24, 2.45) is 0 Å². The lowest BCUT2D eigenvalue weighted by Gasteiger charge is -2.05. The summed E-state index contributed by atoms with van der Waals surface area (Å²) in [5.41, 5.74) is 1.46. The molecule has 2 rings (SSSR count). The fraction of sp³-hybridized carbons (Fsp3) is 0.100. The van der Waals surface area contributed by atoms with Gasteiger partial charge in [-0.25, -0.2) is 13.1 Å². The van der Waals surface area contributed by atoms with E-state index in [-0.39, 0.29) is 11.4 Å². The molecule has 9 heteroatoms. The van der Waals surface area contributed by atoms with Gasteiger partial charge in [0.05, 0.1) is 11.4 Å². The maximum atomic E-state index is 11.8. The number of nitrogens with one attached hydrogen (secondary N) is 2. The van der Waals surface area contributed by atoms with E-state index in [1.54, 1.807) is 18.2 Å². The van der Waals surface area contributed by atoms with Crippen LogP contribution in [0.4, 0.5) is 5.13 Å². The summed E-state index contributed by atoms with van der Waals surface area (Å²) in [5.74, 6) is -0.503. The predicted octanol–water partition coefficient (Wildman–Crippen LogP) is 0.455. The summed E-state index contributed by atoms with van der Waals surface area (Å²) in [6.07, 6.45) is 0. The number of aromatic nitrogens is 2. The average Bonchev–Trinajstić information content (AvgIpc) is 2.90. The summed E-state index contributed by atoms with van der Waals surface area (Å²) in [4.78, 5) is 11.6. The number of hydrogen-bond acceptors (Lipinski definition) is 6. The maximum absolute atomic E-state index is 11.8. The highest BCUT2D eigenvalue weighted by Gasteiger charge is 2.15. The number of amides is 1. The standard InChI is InChI=1S/C10H10N4O3S2/c15-9(13-10-14-11-7-18-10)6-12-19(16,17)8-4-2-1-3-5-8/h1-5,7,12H,6H2,(H,13,14,15). The summed E-state index contributed by atoms with van der Waals surface area (Å²) >= 11 is 1.15. The first kappa shape index (κ1) is 13.6. The van der Waals surface area contributed by atoms with Crippen LogP contribution in [0.15, 0.2) is 40.7 Å². The molecular formula is C10H10N4O3S2. The van der Waals surface area contributed by atoms with Gasteiger partial charge in [-0.05, 0) is 12.1 Å². The normalized spacial score (nSPS) is 11.2. The first-order valence-electron chi connectivity index (χ1n) is 5.19. The minimum atomic E-state index is -3.68. The molecule has 1 amide bonds. The Morgan fingerprint density at radius 2 is 2.00 bits per heavy atom. The van der Waals surface area contributed by atoms with Gasteiger partial charge >= 0.3 is 0 Å². The van der Waals surface area contributed by atoms with E-state index in [9.17, 15) is 13.2 Å². The van der Waals surface area contributed by atoms with Gasteiger partial charge in [-0.15, -0.1) is 10.2 Å². The lowest BCUT2D eigenvalue weighted by molar-refractivity contribution is -0.115. The van der Waals surface area contributed by atoms with Crippen LogP contribution in [0.5, 0.6) is 0 Å². The zero-order valence-corrected chi connectivity index (χ0v) is 11.2. The Labute approximate surface area is 113 Å². The first-order chi connectivity index (χ1) is 9.08. The van der Waals surface area contributed by atoms with Crippen LogP contribution in [0.2, 0.25) is 0 Å².